The maximum Gasteiger partial charge on any atom is 0.0568 e. The van der Waals surface area contributed by atoms with Crippen LogP contribution in [0.4, 0.5) is 0 Å². The van der Waals surface area contributed by atoms with Crippen molar-refractivity contribution in [1.82, 2.24) is 4.57 Å². The summed E-state index contributed by atoms with van der Waals surface area (Å²) in [6, 6.07) is 20.4. The lowest BCUT2D eigenvalue weighted by molar-refractivity contribution is 0.724. The van der Waals surface area contributed by atoms with E-state index in [9.17, 15) is 0 Å². The molecule has 0 atom stereocenters. The fourth-order valence-corrected chi connectivity index (χ4v) is 4.53. The Kier molecular flexibility index (Phi) is 2.78. The molecule has 0 N–H and O–H groups in total. The Morgan fingerprint density at radius 1 is 0.826 bits per heavy atom. The van der Waals surface area contributed by atoms with Crippen molar-refractivity contribution in [1.29, 1.82) is 0 Å². The summed E-state index contributed by atoms with van der Waals surface area (Å²) in [5.74, 6) is 0.773. The van der Waals surface area contributed by atoms with E-state index in [2.05, 4.69) is 66.2 Å². The summed E-state index contributed by atoms with van der Waals surface area (Å²) in [6.07, 6.45) is 5.50. The minimum absolute atomic E-state index is 0.773. The van der Waals surface area contributed by atoms with Crippen molar-refractivity contribution in [2.75, 3.05) is 0 Å². The highest BCUT2D eigenvalue weighted by Crippen LogP contribution is 2.38. The SMILES string of the molecule is Cn1c2ccc(C3CCCC3)cc2c2ccc3ccccc3c21. The van der Waals surface area contributed by atoms with Gasteiger partial charge in [-0.05, 0) is 41.8 Å². The fourth-order valence-electron chi connectivity index (χ4n) is 4.53. The molecule has 0 bridgehead atoms. The summed E-state index contributed by atoms with van der Waals surface area (Å²) in [6.45, 7) is 0. The number of hydrogen-bond acceptors (Lipinski definition) is 0. The maximum absolute atomic E-state index is 2.46. The van der Waals surface area contributed by atoms with Crippen molar-refractivity contribution in [2.45, 2.75) is 31.6 Å². The van der Waals surface area contributed by atoms with Gasteiger partial charge in [-0.15, -0.1) is 0 Å². The van der Waals surface area contributed by atoms with Gasteiger partial charge in [0, 0.05) is 28.7 Å². The van der Waals surface area contributed by atoms with Crippen LogP contribution in [0.3, 0.4) is 0 Å². The summed E-state index contributed by atoms with van der Waals surface area (Å²) in [4.78, 5) is 0. The molecule has 0 unspecified atom stereocenters. The molecule has 1 saturated carbocycles. The number of hydrogen-bond donors (Lipinski definition) is 0. The molecular weight excluding hydrogens is 278 g/mol. The lowest BCUT2D eigenvalue weighted by Crippen LogP contribution is -1.92. The Labute approximate surface area is 136 Å². The normalized spacial score (nSPS) is 16.0. The van der Waals surface area contributed by atoms with Crippen molar-refractivity contribution in [3.05, 3.63) is 60.2 Å². The highest BCUT2D eigenvalue weighted by atomic mass is 14.9. The highest BCUT2D eigenvalue weighted by Gasteiger charge is 2.19. The number of aromatic nitrogens is 1. The molecule has 1 heterocycles. The third-order valence-corrected chi connectivity index (χ3v) is 5.73. The van der Waals surface area contributed by atoms with Gasteiger partial charge >= 0.3 is 0 Å². The summed E-state index contributed by atoms with van der Waals surface area (Å²) < 4.78 is 2.37. The summed E-state index contributed by atoms with van der Waals surface area (Å²) in [5.41, 5.74) is 4.25. The fraction of sp³-hybridized carbons (Fsp3) is 0.273. The molecule has 0 spiro atoms. The Balaban J connectivity index is 1.86. The lowest BCUT2D eigenvalue weighted by atomic mass is 9.96. The summed E-state index contributed by atoms with van der Waals surface area (Å²) in [7, 11) is 2.20. The number of nitrogens with zero attached hydrogens (tertiary/aromatic N) is 1. The zero-order chi connectivity index (χ0) is 15.4. The Bertz CT molecular complexity index is 1030. The van der Waals surface area contributed by atoms with E-state index >= 15 is 0 Å². The first-order valence-corrected chi connectivity index (χ1v) is 8.73. The topological polar surface area (TPSA) is 4.93 Å². The zero-order valence-electron chi connectivity index (χ0n) is 13.5. The molecule has 114 valence electrons. The molecule has 1 aliphatic carbocycles. The van der Waals surface area contributed by atoms with Gasteiger partial charge in [0.15, 0.2) is 0 Å². The molecule has 1 fully saturated rings. The van der Waals surface area contributed by atoms with Gasteiger partial charge in [0.1, 0.15) is 0 Å². The van der Waals surface area contributed by atoms with Crippen LogP contribution >= 0.6 is 0 Å². The largest absolute Gasteiger partial charge is 0.343 e. The van der Waals surface area contributed by atoms with Crippen LogP contribution in [0.5, 0.6) is 0 Å². The van der Waals surface area contributed by atoms with Crippen LogP contribution in [-0.2, 0) is 7.05 Å². The third-order valence-electron chi connectivity index (χ3n) is 5.73. The van der Waals surface area contributed by atoms with Crippen molar-refractivity contribution < 1.29 is 0 Å². The average molecular weight is 299 g/mol. The average Bonchev–Trinajstić information content (AvgIpc) is 3.22. The van der Waals surface area contributed by atoms with Crippen molar-refractivity contribution in [2.24, 2.45) is 7.05 Å². The number of benzene rings is 3. The quantitative estimate of drug-likeness (QED) is 0.397. The Morgan fingerprint density at radius 2 is 1.65 bits per heavy atom. The van der Waals surface area contributed by atoms with Gasteiger partial charge in [-0.3, -0.25) is 0 Å². The minimum atomic E-state index is 0.773. The molecule has 0 aliphatic heterocycles. The maximum atomic E-state index is 2.46. The van der Waals surface area contributed by atoms with Crippen LogP contribution in [-0.4, -0.2) is 4.57 Å². The molecule has 0 saturated heterocycles. The van der Waals surface area contributed by atoms with Crippen molar-refractivity contribution >= 4 is 32.6 Å². The molecule has 1 aliphatic rings. The molecular formula is C22H21N. The van der Waals surface area contributed by atoms with Gasteiger partial charge in [0.05, 0.1) is 5.52 Å². The monoisotopic (exact) mass is 299 g/mol. The standard InChI is InChI=1S/C22H21N/c1-23-21-13-11-17(15-6-2-3-7-15)14-20(21)19-12-10-16-8-4-5-9-18(16)22(19)23/h4-5,8-15H,2-3,6-7H2,1H3. The van der Waals surface area contributed by atoms with E-state index in [1.165, 1.54) is 63.8 Å². The van der Waals surface area contributed by atoms with Gasteiger partial charge in [0.2, 0.25) is 0 Å². The van der Waals surface area contributed by atoms with Gasteiger partial charge < -0.3 is 4.57 Å². The smallest absolute Gasteiger partial charge is 0.0568 e. The van der Waals surface area contributed by atoms with E-state index in [0.29, 0.717) is 0 Å². The first-order valence-electron chi connectivity index (χ1n) is 8.73. The Morgan fingerprint density at radius 3 is 2.52 bits per heavy atom. The van der Waals surface area contributed by atoms with Crippen LogP contribution in [0, 0.1) is 0 Å². The molecule has 3 aromatic carbocycles. The Hall–Kier alpha value is -2.28. The number of aryl methyl sites for hydroxylation is 1. The molecule has 23 heavy (non-hydrogen) atoms. The van der Waals surface area contributed by atoms with Gasteiger partial charge in [-0.2, -0.15) is 0 Å². The lowest BCUT2D eigenvalue weighted by Gasteiger charge is -2.09. The first-order chi connectivity index (χ1) is 11.3. The second kappa shape index (κ2) is 4.86. The van der Waals surface area contributed by atoms with E-state index in [4.69, 9.17) is 0 Å². The predicted octanol–water partition coefficient (Wildman–Crippen LogP) is 6.14. The molecule has 5 rings (SSSR count). The summed E-state index contributed by atoms with van der Waals surface area (Å²) >= 11 is 0. The van der Waals surface area contributed by atoms with Crippen LogP contribution < -0.4 is 0 Å². The number of fused-ring (bicyclic) bond motifs is 5. The van der Waals surface area contributed by atoms with Crippen LogP contribution in [0.1, 0.15) is 37.2 Å². The van der Waals surface area contributed by atoms with Crippen LogP contribution in [0.25, 0.3) is 32.6 Å². The van der Waals surface area contributed by atoms with E-state index in [1.54, 1.807) is 0 Å². The van der Waals surface area contributed by atoms with Gasteiger partial charge in [0.25, 0.3) is 0 Å². The molecule has 0 radical (unpaired) electrons. The minimum Gasteiger partial charge on any atom is -0.343 e. The second-order valence-corrected chi connectivity index (χ2v) is 7.00. The predicted molar refractivity (Wildman–Crippen MR) is 99.1 cm³/mol. The van der Waals surface area contributed by atoms with E-state index in [0.717, 1.165) is 5.92 Å². The molecule has 1 heteroatoms. The first kappa shape index (κ1) is 13.2. The molecule has 0 amide bonds. The second-order valence-electron chi connectivity index (χ2n) is 7.00. The third kappa shape index (κ3) is 1.86. The highest BCUT2D eigenvalue weighted by molar-refractivity contribution is 6.17. The van der Waals surface area contributed by atoms with Crippen LogP contribution in [0.15, 0.2) is 54.6 Å². The molecule has 1 aromatic heterocycles. The molecule has 4 aromatic rings. The molecule has 1 nitrogen and oxygen atoms in total. The number of rotatable bonds is 1. The summed E-state index contributed by atoms with van der Waals surface area (Å²) in [5, 5.41) is 5.48. The van der Waals surface area contributed by atoms with Crippen molar-refractivity contribution in [3.63, 3.8) is 0 Å². The van der Waals surface area contributed by atoms with Gasteiger partial charge in [-0.25, -0.2) is 0 Å². The van der Waals surface area contributed by atoms with E-state index in [-0.39, 0.29) is 0 Å². The van der Waals surface area contributed by atoms with Crippen LogP contribution in [0.2, 0.25) is 0 Å². The van der Waals surface area contributed by atoms with Crippen molar-refractivity contribution in [3.8, 4) is 0 Å². The zero-order valence-corrected chi connectivity index (χ0v) is 13.5. The van der Waals surface area contributed by atoms with E-state index in [1.807, 2.05) is 0 Å². The van der Waals surface area contributed by atoms with Gasteiger partial charge in [-0.1, -0.05) is 55.3 Å². The van der Waals surface area contributed by atoms with E-state index < -0.39 is 0 Å².